The first-order valence-electron chi connectivity index (χ1n) is 25.5. The highest BCUT2D eigenvalue weighted by molar-refractivity contribution is 5.70. The average molecular weight is 965 g/mol. The van der Waals surface area contributed by atoms with E-state index >= 15 is 0 Å². The molecule has 2 rings (SSSR count). The molecule has 0 aromatic carbocycles. The van der Waals surface area contributed by atoms with Crippen LogP contribution in [-0.4, -0.2) is 142 Å². The molecule has 0 spiro atoms. The van der Waals surface area contributed by atoms with E-state index in [0.717, 1.165) is 57.8 Å². The molecule has 0 aromatic heterocycles. The van der Waals surface area contributed by atoms with Crippen LogP contribution in [0.2, 0.25) is 0 Å². The van der Waals surface area contributed by atoms with Gasteiger partial charge in [0.1, 0.15) is 55.4 Å². The van der Waals surface area contributed by atoms with Crippen LogP contribution in [-0.2, 0) is 38.0 Å². The summed E-state index contributed by atoms with van der Waals surface area (Å²) >= 11 is 0. The van der Waals surface area contributed by atoms with Gasteiger partial charge in [-0.05, 0) is 77.0 Å². The summed E-state index contributed by atoms with van der Waals surface area (Å²) in [4.78, 5) is 25.7. The largest absolute Gasteiger partial charge is 0.462 e. The minimum atomic E-state index is -1.78. The third kappa shape index (κ3) is 27.4. The molecule has 2 aliphatic rings. The Labute approximate surface area is 406 Å². The average Bonchev–Trinajstić information content (AvgIpc) is 3.33. The molecule has 7 N–H and O–H groups in total. The fourth-order valence-corrected chi connectivity index (χ4v) is 7.48. The van der Waals surface area contributed by atoms with Crippen LogP contribution in [0.1, 0.15) is 155 Å². The Morgan fingerprint density at radius 2 is 0.941 bits per heavy atom. The topological polar surface area (TPSA) is 231 Å². The lowest BCUT2D eigenvalue weighted by Crippen LogP contribution is -2.61. The fourth-order valence-electron chi connectivity index (χ4n) is 7.48. The molecule has 2 saturated heterocycles. The van der Waals surface area contributed by atoms with Gasteiger partial charge >= 0.3 is 11.9 Å². The number of carbonyl (C=O) groups excluding carboxylic acids is 2. The zero-order valence-corrected chi connectivity index (χ0v) is 41.1. The highest BCUT2D eigenvalue weighted by Crippen LogP contribution is 2.26. The third-order valence-electron chi connectivity index (χ3n) is 11.7. The standard InChI is InChI=1S/C53H88O15/c1-3-5-7-9-11-13-15-17-19-20-22-23-25-27-29-31-33-35-44(55)63-38-41(66-45(56)36-34-32-30-28-26-24-21-18-16-14-12-10-8-6-4-2)39-64-52-51(62)49(60)47(58)43(68-52)40-65-53-50(61)48(59)46(57)42(37-54)67-53/h5,7,11,13,17,19,22-24,26-27,29,41-43,46-54,57-62H,3-4,6,8-10,12,14-16,18,20-21,25,28,30-40H2,1-2H3/b7-5+,13-11+,19-17+,23-22+,26-24+,29-27+/t41-,42+,43+,46-,47-,48?,49?,50?,51?,52+,53+/m0/s1. The van der Waals surface area contributed by atoms with Gasteiger partial charge in [-0.3, -0.25) is 9.59 Å². The van der Waals surface area contributed by atoms with E-state index in [2.05, 4.69) is 74.6 Å². The Balaban J connectivity index is 1.85. The van der Waals surface area contributed by atoms with Crippen molar-refractivity contribution in [2.75, 3.05) is 26.4 Å². The molecule has 11 atom stereocenters. The van der Waals surface area contributed by atoms with E-state index < -0.39 is 99.3 Å². The quantitative estimate of drug-likeness (QED) is 0.0187. The molecule has 2 aliphatic heterocycles. The number of hydrogen-bond donors (Lipinski definition) is 7. The van der Waals surface area contributed by atoms with Gasteiger partial charge in [0.2, 0.25) is 0 Å². The first kappa shape index (κ1) is 61.1. The molecule has 15 heteroatoms. The molecule has 0 aromatic rings. The van der Waals surface area contributed by atoms with Gasteiger partial charge in [0.25, 0.3) is 0 Å². The second-order valence-electron chi connectivity index (χ2n) is 17.6. The molecule has 0 radical (unpaired) electrons. The van der Waals surface area contributed by atoms with E-state index in [1.54, 1.807) is 0 Å². The van der Waals surface area contributed by atoms with Crippen LogP contribution in [0, 0.1) is 0 Å². The normalized spacial score (nSPS) is 26.4. The second kappa shape index (κ2) is 39.6. The van der Waals surface area contributed by atoms with Crippen LogP contribution in [0.25, 0.3) is 0 Å². The van der Waals surface area contributed by atoms with Crippen LogP contribution in [0.4, 0.5) is 0 Å². The first-order valence-corrected chi connectivity index (χ1v) is 25.5. The lowest BCUT2D eigenvalue weighted by atomic mass is 9.98. The van der Waals surface area contributed by atoms with Crippen molar-refractivity contribution in [2.45, 2.75) is 223 Å². The third-order valence-corrected chi connectivity index (χ3v) is 11.7. The van der Waals surface area contributed by atoms with E-state index in [9.17, 15) is 45.3 Å². The summed E-state index contributed by atoms with van der Waals surface area (Å²) < 4.78 is 33.5. The van der Waals surface area contributed by atoms with Gasteiger partial charge in [0.15, 0.2) is 18.7 Å². The summed E-state index contributed by atoms with van der Waals surface area (Å²) in [5.74, 6) is -1.02. The summed E-state index contributed by atoms with van der Waals surface area (Å²) in [6, 6.07) is 0. The Hall–Kier alpha value is -3.06. The predicted molar refractivity (Wildman–Crippen MR) is 261 cm³/mol. The zero-order valence-electron chi connectivity index (χ0n) is 41.1. The Kier molecular flexibility index (Phi) is 35.6. The van der Waals surface area contributed by atoms with Crippen molar-refractivity contribution in [3.05, 3.63) is 72.9 Å². The van der Waals surface area contributed by atoms with Gasteiger partial charge in [-0.1, -0.05) is 138 Å². The SMILES string of the molecule is CC/C=C/C/C=C/C/C=C/C/C=C/C/C=C/CCCC(=O)OC[C@@H](CO[C@@H]1O[C@H](CO[C@@H]2O[C@H](CO)[C@H](O)C(O)C2O)[C@H](O)C(O)C1O)OC(=O)CCCCC/C=C/CCCCCCCCCC. The summed E-state index contributed by atoms with van der Waals surface area (Å²) in [6.07, 6.45) is 29.4. The number of unbranched alkanes of at least 4 members (excludes halogenated alkanes) is 12. The molecule has 0 amide bonds. The number of rotatable bonds is 38. The minimum absolute atomic E-state index is 0.129. The van der Waals surface area contributed by atoms with Crippen molar-refractivity contribution in [1.82, 2.24) is 0 Å². The van der Waals surface area contributed by atoms with E-state index in [0.29, 0.717) is 19.3 Å². The summed E-state index contributed by atoms with van der Waals surface area (Å²) in [6.45, 7) is 2.38. The Morgan fingerprint density at radius 1 is 0.485 bits per heavy atom. The van der Waals surface area contributed by atoms with Gasteiger partial charge in [-0.15, -0.1) is 0 Å². The van der Waals surface area contributed by atoms with Gasteiger partial charge in [-0.25, -0.2) is 0 Å². The number of esters is 2. The maximum atomic E-state index is 13.0. The number of carbonyl (C=O) groups is 2. The first-order chi connectivity index (χ1) is 33.0. The summed E-state index contributed by atoms with van der Waals surface area (Å²) in [7, 11) is 0. The lowest BCUT2D eigenvalue weighted by Gasteiger charge is -2.42. The maximum Gasteiger partial charge on any atom is 0.306 e. The van der Waals surface area contributed by atoms with Crippen LogP contribution in [0.5, 0.6) is 0 Å². The smallest absolute Gasteiger partial charge is 0.306 e. The molecular weight excluding hydrogens is 877 g/mol. The number of ether oxygens (including phenoxy) is 6. The second-order valence-corrected chi connectivity index (χ2v) is 17.6. The van der Waals surface area contributed by atoms with Gasteiger partial charge in [0, 0.05) is 12.8 Å². The number of aliphatic hydroxyl groups excluding tert-OH is 7. The molecule has 390 valence electrons. The maximum absolute atomic E-state index is 13.0. The van der Waals surface area contributed by atoms with Gasteiger partial charge < -0.3 is 64.2 Å². The van der Waals surface area contributed by atoms with Gasteiger partial charge in [0.05, 0.1) is 19.8 Å². The van der Waals surface area contributed by atoms with Crippen molar-refractivity contribution in [2.24, 2.45) is 0 Å². The van der Waals surface area contributed by atoms with E-state index in [4.69, 9.17) is 28.4 Å². The molecule has 0 saturated carbocycles. The van der Waals surface area contributed by atoms with Crippen LogP contribution in [0.15, 0.2) is 72.9 Å². The van der Waals surface area contributed by atoms with Crippen molar-refractivity contribution >= 4 is 11.9 Å². The number of hydrogen-bond acceptors (Lipinski definition) is 15. The van der Waals surface area contributed by atoms with Crippen LogP contribution < -0.4 is 0 Å². The molecule has 68 heavy (non-hydrogen) atoms. The molecule has 2 heterocycles. The molecular formula is C53H88O15. The predicted octanol–water partition coefficient (Wildman–Crippen LogP) is 7.04. The number of allylic oxidation sites excluding steroid dienone is 12. The van der Waals surface area contributed by atoms with E-state index in [1.807, 2.05) is 12.2 Å². The highest BCUT2D eigenvalue weighted by Gasteiger charge is 2.47. The van der Waals surface area contributed by atoms with E-state index in [-0.39, 0.29) is 19.4 Å². The highest BCUT2D eigenvalue weighted by atomic mass is 16.7. The van der Waals surface area contributed by atoms with E-state index in [1.165, 1.54) is 51.4 Å². The van der Waals surface area contributed by atoms with Crippen molar-refractivity contribution < 1.29 is 73.8 Å². The molecule has 0 aliphatic carbocycles. The summed E-state index contributed by atoms with van der Waals surface area (Å²) in [5.41, 5.74) is 0. The van der Waals surface area contributed by atoms with Crippen molar-refractivity contribution in [3.63, 3.8) is 0 Å². The van der Waals surface area contributed by atoms with Crippen molar-refractivity contribution in [1.29, 1.82) is 0 Å². The Bertz CT molecular complexity index is 1460. The van der Waals surface area contributed by atoms with Crippen LogP contribution >= 0.6 is 0 Å². The van der Waals surface area contributed by atoms with Gasteiger partial charge in [-0.2, -0.15) is 0 Å². The summed E-state index contributed by atoms with van der Waals surface area (Å²) in [5, 5.41) is 72.1. The number of aliphatic hydroxyl groups is 7. The molecule has 15 nitrogen and oxygen atoms in total. The monoisotopic (exact) mass is 965 g/mol. The minimum Gasteiger partial charge on any atom is -0.462 e. The molecule has 2 fully saturated rings. The lowest BCUT2D eigenvalue weighted by molar-refractivity contribution is -0.332. The zero-order chi connectivity index (χ0) is 49.6. The Morgan fingerprint density at radius 3 is 1.51 bits per heavy atom. The fraction of sp³-hybridized carbons (Fsp3) is 0.736. The molecule has 4 unspecified atom stereocenters. The molecule has 0 bridgehead atoms. The van der Waals surface area contributed by atoms with Crippen LogP contribution in [0.3, 0.4) is 0 Å². The van der Waals surface area contributed by atoms with Crippen molar-refractivity contribution in [3.8, 4) is 0 Å².